The fraction of sp³-hybridized carbons (Fsp3) is 0.500. The summed E-state index contributed by atoms with van der Waals surface area (Å²) in [5.74, 6) is 3.93. The van der Waals surface area contributed by atoms with Gasteiger partial charge in [0.25, 0.3) is 5.91 Å². The summed E-state index contributed by atoms with van der Waals surface area (Å²) in [5.41, 5.74) is -0.313. The highest BCUT2D eigenvalue weighted by Gasteiger charge is 2.37. The van der Waals surface area contributed by atoms with Gasteiger partial charge in [0.15, 0.2) is 0 Å². The van der Waals surface area contributed by atoms with Gasteiger partial charge in [-0.1, -0.05) is 18.2 Å². The molecule has 1 atom stereocenters. The lowest BCUT2D eigenvalue weighted by Gasteiger charge is -2.33. The van der Waals surface area contributed by atoms with Gasteiger partial charge in [-0.25, -0.2) is 4.31 Å². The summed E-state index contributed by atoms with van der Waals surface area (Å²) in [5, 5.41) is 8.13. The van der Waals surface area contributed by atoms with Crippen LogP contribution in [-0.2, 0) is 29.0 Å². The molecule has 31 heavy (non-hydrogen) atoms. The number of alkyl halides is 3. The maximum Gasteiger partial charge on any atom is 0.416 e. The molecule has 1 unspecified atom stereocenters. The Kier molecular flexibility index (Phi) is 5.59. The number of carbonyl (C=O) groups is 1. The van der Waals surface area contributed by atoms with Crippen LogP contribution in [0.4, 0.5) is 13.2 Å². The molecule has 1 saturated heterocycles. The van der Waals surface area contributed by atoms with Gasteiger partial charge in [0.2, 0.25) is 5.82 Å². The molecule has 2 aliphatic heterocycles. The fourth-order valence-corrected chi connectivity index (χ4v) is 5.13. The molecule has 0 N–H and O–H groups in total. The molecule has 0 aliphatic carbocycles. The van der Waals surface area contributed by atoms with Crippen LogP contribution in [0.25, 0.3) is 0 Å². The van der Waals surface area contributed by atoms with Gasteiger partial charge in [-0.15, -0.1) is 10.2 Å². The van der Waals surface area contributed by atoms with Gasteiger partial charge in [-0.2, -0.15) is 13.2 Å². The van der Waals surface area contributed by atoms with E-state index >= 15 is 0 Å². The summed E-state index contributed by atoms with van der Waals surface area (Å²) < 4.78 is 55.7. The second-order valence-electron chi connectivity index (χ2n) is 8.07. The van der Waals surface area contributed by atoms with Crippen molar-refractivity contribution in [2.45, 2.75) is 38.0 Å². The van der Waals surface area contributed by atoms with Gasteiger partial charge in [0.05, 0.1) is 12.1 Å². The van der Waals surface area contributed by atoms with Crippen molar-refractivity contribution in [3.8, 4) is 0 Å². The van der Waals surface area contributed by atoms with E-state index in [1.165, 1.54) is 12.1 Å². The van der Waals surface area contributed by atoms with Gasteiger partial charge < -0.3 is 9.47 Å². The number of carbonyl (C=O) groups excluding carboxylic acids is 1. The molecule has 11 heteroatoms. The zero-order valence-electron chi connectivity index (χ0n) is 17.1. The summed E-state index contributed by atoms with van der Waals surface area (Å²) in [6.07, 6.45) is -1.93. The van der Waals surface area contributed by atoms with E-state index in [1.54, 1.807) is 26.1 Å². The molecule has 168 valence electrons. The largest absolute Gasteiger partial charge is 0.416 e. The minimum Gasteiger partial charge on any atom is -0.336 e. The SMILES string of the molecule is C=S(C)(=O)N1CCn2c(nnc2C(=O)N2CCC(c3ccccc3C(F)(F)F)CC2)C1. The van der Waals surface area contributed by atoms with Crippen molar-refractivity contribution in [3.05, 3.63) is 47.0 Å². The van der Waals surface area contributed by atoms with Gasteiger partial charge >= 0.3 is 6.18 Å². The van der Waals surface area contributed by atoms with E-state index in [9.17, 15) is 22.2 Å². The van der Waals surface area contributed by atoms with Crippen molar-refractivity contribution < 1.29 is 22.2 Å². The number of amides is 1. The topological polar surface area (TPSA) is 71.3 Å². The van der Waals surface area contributed by atoms with E-state index < -0.39 is 21.4 Å². The summed E-state index contributed by atoms with van der Waals surface area (Å²) in [4.78, 5) is 14.6. The van der Waals surface area contributed by atoms with Crippen molar-refractivity contribution in [2.75, 3.05) is 25.9 Å². The summed E-state index contributed by atoms with van der Waals surface area (Å²) in [6.45, 7) is 1.91. The number of benzene rings is 1. The van der Waals surface area contributed by atoms with Crippen molar-refractivity contribution in [1.29, 1.82) is 0 Å². The van der Waals surface area contributed by atoms with Crippen LogP contribution in [0, 0.1) is 0 Å². The van der Waals surface area contributed by atoms with Crippen molar-refractivity contribution >= 4 is 21.5 Å². The van der Waals surface area contributed by atoms with Crippen LogP contribution in [0.2, 0.25) is 0 Å². The van der Waals surface area contributed by atoms with Crippen LogP contribution < -0.4 is 0 Å². The predicted molar refractivity (Wildman–Crippen MR) is 111 cm³/mol. The van der Waals surface area contributed by atoms with Crippen molar-refractivity contribution in [1.82, 2.24) is 24.0 Å². The molecule has 2 aromatic rings. The summed E-state index contributed by atoms with van der Waals surface area (Å²) in [7, 11) is -2.37. The van der Waals surface area contributed by atoms with Gasteiger partial charge in [0.1, 0.15) is 5.82 Å². The van der Waals surface area contributed by atoms with E-state index in [4.69, 9.17) is 0 Å². The average Bonchev–Trinajstić information content (AvgIpc) is 3.15. The Bertz CT molecular complexity index is 1090. The zero-order valence-corrected chi connectivity index (χ0v) is 18.0. The fourth-order valence-electron chi connectivity index (χ4n) is 4.27. The lowest BCUT2D eigenvalue weighted by atomic mass is 9.86. The van der Waals surface area contributed by atoms with E-state index in [0.717, 1.165) is 6.07 Å². The third-order valence-electron chi connectivity index (χ3n) is 5.94. The molecule has 1 aromatic carbocycles. The number of rotatable bonds is 3. The summed E-state index contributed by atoms with van der Waals surface area (Å²) in [6, 6.07) is 5.65. The van der Waals surface area contributed by atoms with E-state index in [-0.39, 0.29) is 17.6 Å². The molecule has 1 aromatic heterocycles. The molecular weight excluding hydrogens is 431 g/mol. The lowest BCUT2D eigenvalue weighted by Crippen LogP contribution is -2.41. The Balaban J connectivity index is 1.46. The van der Waals surface area contributed by atoms with Crippen LogP contribution in [0.3, 0.4) is 0 Å². The van der Waals surface area contributed by atoms with Gasteiger partial charge in [-0.05, 0) is 36.3 Å². The Morgan fingerprint density at radius 1 is 1.13 bits per heavy atom. The van der Waals surface area contributed by atoms with Crippen LogP contribution in [-0.4, -0.2) is 65.8 Å². The molecule has 2 aliphatic rings. The van der Waals surface area contributed by atoms with Gasteiger partial charge in [0, 0.05) is 42.1 Å². The van der Waals surface area contributed by atoms with Crippen LogP contribution >= 0.6 is 0 Å². The molecule has 1 amide bonds. The minimum atomic E-state index is -4.39. The Hall–Kier alpha value is -2.40. The van der Waals surface area contributed by atoms with Crippen molar-refractivity contribution in [3.63, 3.8) is 0 Å². The number of piperidine rings is 1. The molecule has 0 bridgehead atoms. The summed E-state index contributed by atoms with van der Waals surface area (Å²) >= 11 is 0. The van der Waals surface area contributed by atoms with E-state index in [1.807, 2.05) is 0 Å². The maximum absolute atomic E-state index is 13.3. The number of halogens is 3. The van der Waals surface area contributed by atoms with Crippen LogP contribution in [0.5, 0.6) is 0 Å². The second kappa shape index (κ2) is 7.94. The van der Waals surface area contributed by atoms with E-state index in [0.29, 0.717) is 57.0 Å². The normalized spacial score (nSPS) is 20.3. The zero-order chi connectivity index (χ0) is 22.4. The maximum atomic E-state index is 13.3. The van der Waals surface area contributed by atoms with Gasteiger partial charge in [-0.3, -0.25) is 9.00 Å². The van der Waals surface area contributed by atoms with Crippen LogP contribution in [0.1, 0.15) is 46.3 Å². The molecule has 7 nitrogen and oxygen atoms in total. The monoisotopic (exact) mass is 455 g/mol. The smallest absolute Gasteiger partial charge is 0.336 e. The molecule has 0 spiro atoms. The average molecular weight is 456 g/mol. The third kappa shape index (κ3) is 4.33. The molecular formula is C20H24F3N5O2S. The highest BCUT2D eigenvalue weighted by Crippen LogP contribution is 2.38. The highest BCUT2D eigenvalue weighted by molar-refractivity contribution is 7.97. The first kappa shape index (κ1) is 21.8. The van der Waals surface area contributed by atoms with Crippen LogP contribution in [0.15, 0.2) is 24.3 Å². The standard InChI is InChI=1S/C20H24F3N5O2S/c1-31(2,30)27-11-12-28-17(13-27)24-25-18(28)19(29)26-9-7-14(8-10-26)15-5-3-4-6-16(15)20(21,22)23/h3-6,14H,1,7-13H2,2H3. The quantitative estimate of drug-likeness (QED) is 0.667. The van der Waals surface area contributed by atoms with Crippen molar-refractivity contribution in [2.24, 2.45) is 0 Å². The number of fused-ring (bicyclic) bond motifs is 1. The lowest BCUT2D eigenvalue weighted by molar-refractivity contribution is -0.138. The molecule has 0 saturated carbocycles. The predicted octanol–water partition coefficient (Wildman–Crippen LogP) is 2.39. The first-order valence-corrected chi connectivity index (χ1v) is 12.1. The van der Waals surface area contributed by atoms with E-state index in [2.05, 4.69) is 16.1 Å². The third-order valence-corrected chi connectivity index (χ3v) is 7.35. The Labute approximate surface area is 179 Å². The molecule has 3 heterocycles. The first-order chi connectivity index (χ1) is 14.6. The number of hydrogen-bond donors (Lipinski definition) is 0. The molecule has 4 rings (SSSR count). The highest BCUT2D eigenvalue weighted by atomic mass is 32.2. The molecule has 1 fully saturated rings. The number of likely N-dealkylation sites (tertiary alicyclic amines) is 1. The Morgan fingerprint density at radius 3 is 2.45 bits per heavy atom. The number of aromatic nitrogens is 3. The first-order valence-electron chi connectivity index (χ1n) is 10.0. The molecule has 0 radical (unpaired) electrons. The number of hydrogen-bond acceptors (Lipinski definition) is 4. The Morgan fingerprint density at radius 2 is 1.81 bits per heavy atom. The minimum absolute atomic E-state index is 0.218. The number of nitrogens with zero attached hydrogens (tertiary/aromatic N) is 5. The second-order valence-corrected chi connectivity index (χ2v) is 10.5.